The Balaban J connectivity index is 2.37. The van der Waals surface area contributed by atoms with Crippen molar-refractivity contribution in [1.29, 1.82) is 0 Å². The molecule has 98 valence electrons. The maximum absolute atomic E-state index is 12.3. The summed E-state index contributed by atoms with van der Waals surface area (Å²) in [5, 5.41) is 19.8. The van der Waals surface area contributed by atoms with Crippen LogP contribution >= 0.6 is 0 Å². The van der Waals surface area contributed by atoms with Crippen molar-refractivity contribution in [2.45, 2.75) is 6.04 Å². The molecule has 0 spiro atoms. The van der Waals surface area contributed by atoms with Crippen molar-refractivity contribution in [2.24, 2.45) is 0 Å². The zero-order valence-corrected chi connectivity index (χ0v) is 10.2. The number of aliphatic hydroxyl groups is 1. The number of amides is 1. The summed E-state index contributed by atoms with van der Waals surface area (Å²) >= 11 is 0. The van der Waals surface area contributed by atoms with E-state index in [-0.39, 0.29) is 17.4 Å². The molecule has 2 aromatic rings. The second-order valence-corrected chi connectivity index (χ2v) is 4.53. The molecule has 3 rings (SSSR count). The first-order chi connectivity index (χ1) is 9.06. The number of rotatable bonds is 1. The molecule has 0 fully saturated rings. The summed E-state index contributed by atoms with van der Waals surface area (Å²) in [4.78, 5) is 25.7. The molecule has 1 aromatic heterocycles. The highest BCUT2D eigenvalue weighted by atomic mass is 16.3. The molecule has 1 aromatic carbocycles. The quantitative estimate of drug-likeness (QED) is 0.779. The number of hydrogen-bond donors (Lipinski definition) is 2. The first-order valence-electron chi connectivity index (χ1n) is 5.82. The highest BCUT2D eigenvalue weighted by Gasteiger charge is 2.38. The van der Waals surface area contributed by atoms with Crippen LogP contribution in [0.3, 0.4) is 0 Å². The molecule has 0 bridgehead atoms. The van der Waals surface area contributed by atoms with Crippen molar-refractivity contribution in [2.75, 3.05) is 13.7 Å². The summed E-state index contributed by atoms with van der Waals surface area (Å²) in [5.74, 6) is -0.837. The Labute approximate surface area is 108 Å². The molecule has 0 unspecified atom stereocenters. The zero-order chi connectivity index (χ0) is 13.7. The van der Waals surface area contributed by atoms with Crippen LogP contribution in [0.2, 0.25) is 0 Å². The van der Waals surface area contributed by atoms with Crippen molar-refractivity contribution < 1.29 is 19.8 Å². The molecular weight excluding hydrogens is 248 g/mol. The number of likely N-dealkylation sites (N-methyl/N-ethyl adjacent to an activating group) is 1. The summed E-state index contributed by atoms with van der Waals surface area (Å²) in [5.41, 5.74) is 0.510. The minimum Gasteiger partial charge on any atom is -0.506 e. The van der Waals surface area contributed by atoms with Crippen LogP contribution in [-0.4, -0.2) is 51.2 Å². The number of phenols is 1. The minimum atomic E-state index is -0.921. The largest absolute Gasteiger partial charge is 0.506 e. The van der Waals surface area contributed by atoms with Gasteiger partial charge in [0.2, 0.25) is 0 Å². The van der Waals surface area contributed by atoms with E-state index in [1.165, 1.54) is 22.6 Å². The monoisotopic (exact) mass is 260 g/mol. The minimum absolute atomic E-state index is 0.0638. The van der Waals surface area contributed by atoms with Gasteiger partial charge in [-0.05, 0) is 12.1 Å². The Hall–Kier alpha value is -2.34. The molecule has 0 radical (unpaired) electrons. The van der Waals surface area contributed by atoms with E-state index in [9.17, 15) is 19.8 Å². The molecule has 19 heavy (non-hydrogen) atoms. The number of carbonyl (C=O) groups is 2. The lowest BCUT2D eigenvalue weighted by atomic mass is 10.1. The molecule has 0 saturated heterocycles. The van der Waals surface area contributed by atoms with Gasteiger partial charge in [0, 0.05) is 12.4 Å². The van der Waals surface area contributed by atoms with Gasteiger partial charge in [-0.25, -0.2) is 0 Å². The lowest BCUT2D eigenvalue weighted by Gasteiger charge is -2.31. The second-order valence-electron chi connectivity index (χ2n) is 4.53. The van der Waals surface area contributed by atoms with Crippen LogP contribution in [0.4, 0.5) is 0 Å². The van der Waals surface area contributed by atoms with Gasteiger partial charge >= 0.3 is 0 Å². The Morgan fingerprint density at radius 1 is 1.32 bits per heavy atom. The molecule has 2 N–H and O–H groups in total. The van der Waals surface area contributed by atoms with Crippen LogP contribution in [0.5, 0.6) is 5.75 Å². The third-order valence-electron chi connectivity index (χ3n) is 3.49. The number of hydrogen-bond acceptors (Lipinski definition) is 4. The Kier molecular flexibility index (Phi) is 2.36. The third kappa shape index (κ3) is 1.40. The fraction of sp³-hybridized carbons (Fsp3) is 0.231. The molecular formula is C13H12N2O4. The lowest BCUT2D eigenvalue weighted by Crippen LogP contribution is -2.52. The topological polar surface area (TPSA) is 82.8 Å². The summed E-state index contributed by atoms with van der Waals surface area (Å²) < 4.78 is 1.19. The van der Waals surface area contributed by atoms with Gasteiger partial charge in [0.1, 0.15) is 17.5 Å². The normalized spacial score (nSPS) is 19.1. The van der Waals surface area contributed by atoms with E-state index in [0.717, 1.165) is 0 Å². The fourth-order valence-electron chi connectivity index (χ4n) is 2.46. The van der Waals surface area contributed by atoms with Gasteiger partial charge in [0.05, 0.1) is 12.1 Å². The molecule has 1 atom stereocenters. The van der Waals surface area contributed by atoms with Crippen molar-refractivity contribution in [3.8, 4) is 5.75 Å². The van der Waals surface area contributed by atoms with E-state index in [1.807, 2.05) is 0 Å². The molecule has 1 aliphatic rings. The van der Waals surface area contributed by atoms with Gasteiger partial charge < -0.3 is 15.1 Å². The highest BCUT2D eigenvalue weighted by molar-refractivity contribution is 6.11. The number of para-hydroxylation sites is 1. The highest BCUT2D eigenvalue weighted by Crippen LogP contribution is 2.31. The molecule has 2 heterocycles. The van der Waals surface area contributed by atoms with Crippen LogP contribution < -0.4 is 0 Å². The molecule has 0 aliphatic carbocycles. The number of carbonyl (C=O) groups excluding carboxylic acids is 2. The second kappa shape index (κ2) is 3.83. The van der Waals surface area contributed by atoms with Gasteiger partial charge in [-0.1, -0.05) is 12.1 Å². The zero-order valence-electron chi connectivity index (χ0n) is 10.2. The van der Waals surface area contributed by atoms with E-state index in [2.05, 4.69) is 0 Å². The van der Waals surface area contributed by atoms with E-state index in [0.29, 0.717) is 10.9 Å². The van der Waals surface area contributed by atoms with Crippen LogP contribution in [0, 0.1) is 0 Å². The molecule has 1 aliphatic heterocycles. The molecule has 1 amide bonds. The van der Waals surface area contributed by atoms with Crippen LogP contribution in [0.1, 0.15) is 15.3 Å². The molecule has 0 saturated carbocycles. The smallest absolute Gasteiger partial charge is 0.271 e. The number of aromatic nitrogens is 1. The SMILES string of the molecule is CN1C(=O)c2cc3cccc(O)c3n2C(=O)[C@@H]1CO. The van der Waals surface area contributed by atoms with Crippen LogP contribution in [0.15, 0.2) is 24.3 Å². The summed E-state index contributed by atoms with van der Waals surface area (Å²) in [6, 6.07) is 5.47. The average Bonchev–Trinajstić information content (AvgIpc) is 2.78. The Morgan fingerprint density at radius 3 is 2.74 bits per heavy atom. The number of aliphatic hydroxyl groups excluding tert-OH is 1. The summed E-state index contributed by atoms with van der Waals surface area (Å²) in [6.07, 6.45) is 0. The van der Waals surface area contributed by atoms with Crippen LogP contribution in [-0.2, 0) is 0 Å². The lowest BCUT2D eigenvalue weighted by molar-refractivity contribution is 0.0475. The number of benzene rings is 1. The van der Waals surface area contributed by atoms with E-state index in [4.69, 9.17) is 0 Å². The average molecular weight is 260 g/mol. The van der Waals surface area contributed by atoms with Gasteiger partial charge in [0.15, 0.2) is 0 Å². The van der Waals surface area contributed by atoms with Crippen molar-refractivity contribution >= 4 is 22.7 Å². The third-order valence-corrected chi connectivity index (χ3v) is 3.49. The molecule has 6 heteroatoms. The maximum atomic E-state index is 12.3. The number of phenolic OH excluding ortho intramolecular Hbond substituents is 1. The standard InChI is InChI=1S/C13H12N2O4/c1-14-9(6-16)13(19)15-8(12(14)18)5-7-3-2-4-10(17)11(7)15/h2-5,9,16-17H,6H2,1H3/t9-/m0/s1. The number of fused-ring (bicyclic) bond motifs is 3. The fourth-order valence-corrected chi connectivity index (χ4v) is 2.46. The summed E-state index contributed by atoms with van der Waals surface area (Å²) in [7, 11) is 1.47. The maximum Gasteiger partial charge on any atom is 0.271 e. The Bertz CT molecular complexity index is 704. The van der Waals surface area contributed by atoms with E-state index >= 15 is 0 Å². The van der Waals surface area contributed by atoms with Crippen molar-refractivity contribution in [1.82, 2.24) is 9.47 Å². The Morgan fingerprint density at radius 2 is 2.05 bits per heavy atom. The van der Waals surface area contributed by atoms with Gasteiger partial charge in [-0.15, -0.1) is 0 Å². The summed E-state index contributed by atoms with van der Waals surface area (Å²) in [6.45, 7) is -0.451. The van der Waals surface area contributed by atoms with Crippen molar-refractivity contribution in [3.63, 3.8) is 0 Å². The number of nitrogens with zero attached hydrogens (tertiary/aromatic N) is 2. The van der Waals surface area contributed by atoms with Gasteiger partial charge in [0.25, 0.3) is 11.8 Å². The van der Waals surface area contributed by atoms with Gasteiger partial charge in [-0.3, -0.25) is 14.2 Å². The first kappa shape index (κ1) is 11.7. The van der Waals surface area contributed by atoms with Crippen LogP contribution in [0.25, 0.3) is 10.9 Å². The predicted molar refractivity (Wildman–Crippen MR) is 67.2 cm³/mol. The molecule has 6 nitrogen and oxygen atoms in total. The number of aromatic hydroxyl groups is 1. The van der Waals surface area contributed by atoms with E-state index < -0.39 is 18.6 Å². The van der Waals surface area contributed by atoms with E-state index in [1.54, 1.807) is 18.2 Å². The predicted octanol–water partition coefficient (Wildman–Crippen LogP) is 0.434. The van der Waals surface area contributed by atoms with Gasteiger partial charge in [-0.2, -0.15) is 0 Å². The first-order valence-corrected chi connectivity index (χ1v) is 5.82. The van der Waals surface area contributed by atoms with Crippen molar-refractivity contribution in [3.05, 3.63) is 30.0 Å².